The molecule has 8 nitrogen and oxygen atoms in total. The standard InChI is InChI=1S/C15H8Cl2F3N7O/c16-8-3-6(1-2-7(8)11-24-13(28-26-11)15(18,19)20)4-27-5-22-9-10(17)23-14(21)25-12(9)27/h1-3,5H,4H2,(H2,21,23,25). The van der Waals surface area contributed by atoms with Gasteiger partial charge in [-0.2, -0.15) is 28.1 Å². The van der Waals surface area contributed by atoms with E-state index in [1.807, 2.05) is 0 Å². The van der Waals surface area contributed by atoms with E-state index in [4.69, 9.17) is 28.9 Å². The Morgan fingerprint density at radius 1 is 1.14 bits per heavy atom. The third-order valence-corrected chi connectivity index (χ3v) is 4.31. The van der Waals surface area contributed by atoms with Crippen LogP contribution in [0.1, 0.15) is 11.5 Å². The Hall–Kier alpha value is -2.92. The van der Waals surface area contributed by atoms with Crippen LogP contribution in [0, 0.1) is 0 Å². The van der Waals surface area contributed by atoms with Crippen molar-refractivity contribution >= 4 is 40.3 Å². The van der Waals surface area contributed by atoms with Gasteiger partial charge in [-0.25, -0.2) is 4.98 Å². The molecule has 0 radical (unpaired) electrons. The maximum atomic E-state index is 12.6. The fourth-order valence-electron chi connectivity index (χ4n) is 2.52. The molecule has 0 spiro atoms. The van der Waals surface area contributed by atoms with Gasteiger partial charge in [-0.15, -0.1) is 0 Å². The predicted octanol–water partition coefficient (Wildman–Crippen LogP) is 3.83. The number of benzene rings is 1. The largest absolute Gasteiger partial charge is 0.471 e. The molecule has 0 amide bonds. The highest BCUT2D eigenvalue weighted by Gasteiger charge is 2.38. The summed E-state index contributed by atoms with van der Waals surface area (Å²) in [4.78, 5) is 15.4. The van der Waals surface area contributed by atoms with Gasteiger partial charge in [0.2, 0.25) is 11.8 Å². The van der Waals surface area contributed by atoms with Crippen LogP contribution in [-0.2, 0) is 12.7 Å². The van der Waals surface area contributed by atoms with Crippen LogP contribution in [0.25, 0.3) is 22.6 Å². The molecule has 4 rings (SSSR count). The lowest BCUT2D eigenvalue weighted by Crippen LogP contribution is -2.05. The number of nitrogen functional groups attached to an aromatic ring is 1. The average Bonchev–Trinajstić information content (AvgIpc) is 3.23. The SMILES string of the molecule is Nc1nc(Cl)c2ncn(Cc3ccc(-c4noc(C(F)(F)F)n4)c(Cl)c3)c2n1. The van der Waals surface area contributed by atoms with E-state index in [1.165, 1.54) is 12.4 Å². The summed E-state index contributed by atoms with van der Waals surface area (Å²) in [6.07, 6.45) is -3.22. The minimum absolute atomic E-state index is 0.00482. The lowest BCUT2D eigenvalue weighted by molar-refractivity contribution is -0.159. The van der Waals surface area contributed by atoms with Gasteiger partial charge in [-0.1, -0.05) is 34.4 Å². The van der Waals surface area contributed by atoms with Crippen molar-refractivity contribution < 1.29 is 17.7 Å². The van der Waals surface area contributed by atoms with Crippen molar-refractivity contribution in [2.75, 3.05) is 5.73 Å². The van der Waals surface area contributed by atoms with E-state index < -0.39 is 12.1 Å². The summed E-state index contributed by atoms with van der Waals surface area (Å²) in [5.74, 6) is -1.70. The molecule has 3 aromatic heterocycles. The van der Waals surface area contributed by atoms with Crippen molar-refractivity contribution in [2.45, 2.75) is 12.7 Å². The molecule has 0 aliphatic heterocycles. The summed E-state index contributed by atoms with van der Waals surface area (Å²) in [5, 5.41) is 3.62. The summed E-state index contributed by atoms with van der Waals surface area (Å²) in [6.45, 7) is 0.309. The number of fused-ring (bicyclic) bond motifs is 1. The molecule has 28 heavy (non-hydrogen) atoms. The summed E-state index contributed by atoms with van der Waals surface area (Å²) < 4.78 is 43.7. The van der Waals surface area contributed by atoms with E-state index in [1.54, 1.807) is 16.7 Å². The normalized spacial score (nSPS) is 12.0. The molecule has 0 fully saturated rings. The molecule has 1 aromatic carbocycles. The van der Waals surface area contributed by atoms with Crippen LogP contribution in [0.3, 0.4) is 0 Å². The minimum Gasteiger partial charge on any atom is -0.368 e. The van der Waals surface area contributed by atoms with Crippen molar-refractivity contribution in [3.05, 3.63) is 46.2 Å². The monoisotopic (exact) mass is 429 g/mol. The lowest BCUT2D eigenvalue weighted by atomic mass is 10.1. The summed E-state index contributed by atoms with van der Waals surface area (Å²) in [5.41, 5.74) is 7.37. The zero-order chi connectivity index (χ0) is 20.1. The van der Waals surface area contributed by atoms with Crippen LogP contribution >= 0.6 is 23.2 Å². The molecule has 13 heteroatoms. The number of imidazole rings is 1. The van der Waals surface area contributed by atoms with Crippen LogP contribution in [-0.4, -0.2) is 29.7 Å². The van der Waals surface area contributed by atoms with Gasteiger partial charge in [-0.05, 0) is 17.7 Å². The topological polar surface area (TPSA) is 109 Å². The van der Waals surface area contributed by atoms with Gasteiger partial charge < -0.3 is 14.8 Å². The number of aromatic nitrogens is 6. The Morgan fingerprint density at radius 2 is 1.93 bits per heavy atom. The summed E-state index contributed by atoms with van der Waals surface area (Å²) >= 11 is 12.2. The minimum atomic E-state index is -4.73. The van der Waals surface area contributed by atoms with Gasteiger partial charge in [0.15, 0.2) is 10.8 Å². The highest BCUT2D eigenvalue weighted by Crippen LogP contribution is 2.32. The second-order valence-electron chi connectivity index (χ2n) is 5.65. The molecular weight excluding hydrogens is 422 g/mol. The fraction of sp³-hybridized carbons (Fsp3) is 0.133. The van der Waals surface area contributed by atoms with Crippen molar-refractivity contribution in [2.24, 2.45) is 0 Å². The van der Waals surface area contributed by atoms with Crippen LogP contribution in [0.2, 0.25) is 10.2 Å². The van der Waals surface area contributed by atoms with Gasteiger partial charge in [0.1, 0.15) is 5.52 Å². The Kier molecular flexibility index (Phi) is 4.35. The molecule has 0 bridgehead atoms. The number of hydrogen-bond donors (Lipinski definition) is 1. The number of rotatable bonds is 3. The first-order valence-corrected chi connectivity index (χ1v) is 8.31. The predicted molar refractivity (Wildman–Crippen MR) is 93.6 cm³/mol. The number of nitrogens with two attached hydrogens (primary N) is 1. The van der Waals surface area contributed by atoms with E-state index in [0.29, 0.717) is 17.7 Å². The average molecular weight is 430 g/mol. The van der Waals surface area contributed by atoms with Crippen LogP contribution < -0.4 is 5.73 Å². The molecule has 3 heterocycles. The summed E-state index contributed by atoms with van der Waals surface area (Å²) in [7, 11) is 0. The van der Waals surface area contributed by atoms with Crippen molar-refractivity contribution in [3.8, 4) is 11.4 Å². The van der Waals surface area contributed by atoms with Gasteiger partial charge >= 0.3 is 12.1 Å². The van der Waals surface area contributed by atoms with Crippen molar-refractivity contribution in [1.82, 2.24) is 29.7 Å². The molecule has 2 N–H and O–H groups in total. The number of hydrogen-bond acceptors (Lipinski definition) is 7. The molecule has 0 saturated carbocycles. The molecule has 0 saturated heterocycles. The number of nitrogens with zero attached hydrogens (tertiary/aromatic N) is 6. The van der Waals surface area contributed by atoms with Crippen molar-refractivity contribution in [3.63, 3.8) is 0 Å². The van der Waals surface area contributed by atoms with E-state index in [2.05, 4.69) is 29.6 Å². The van der Waals surface area contributed by atoms with Crippen LogP contribution in [0.15, 0.2) is 29.0 Å². The molecule has 4 aromatic rings. The van der Waals surface area contributed by atoms with Gasteiger partial charge in [-0.3, -0.25) is 0 Å². The van der Waals surface area contributed by atoms with Crippen LogP contribution in [0.4, 0.5) is 19.1 Å². The van der Waals surface area contributed by atoms with Gasteiger partial charge in [0.25, 0.3) is 0 Å². The number of halogens is 5. The lowest BCUT2D eigenvalue weighted by Gasteiger charge is -2.07. The van der Waals surface area contributed by atoms with E-state index in [-0.39, 0.29) is 27.5 Å². The third kappa shape index (κ3) is 3.34. The second kappa shape index (κ2) is 6.60. The van der Waals surface area contributed by atoms with E-state index >= 15 is 0 Å². The number of anilines is 1. The number of alkyl halides is 3. The Morgan fingerprint density at radius 3 is 2.61 bits per heavy atom. The van der Waals surface area contributed by atoms with Gasteiger partial charge in [0, 0.05) is 5.56 Å². The molecule has 0 atom stereocenters. The molecular formula is C15H8Cl2F3N7O. The maximum Gasteiger partial charge on any atom is 0.471 e. The third-order valence-electron chi connectivity index (χ3n) is 3.73. The molecule has 0 aliphatic rings. The van der Waals surface area contributed by atoms with Crippen LogP contribution in [0.5, 0.6) is 0 Å². The first-order valence-electron chi connectivity index (χ1n) is 7.56. The highest BCUT2D eigenvalue weighted by atomic mass is 35.5. The van der Waals surface area contributed by atoms with E-state index in [0.717, 1.165) is 5.56 Å². The first kappa shape index (κ1) is 18.4. The second-order valence-corrected chi connectivity index (χ2v) is 6.42. The molecule has 0 aliphatic carbocycles. The zero-order valence-corrected chi connectivity index (χ0v) is 15.1. The Balaban J connectivity index is 1.65. The zero-order valence-electron chi connectivity index (χ0n) is 13.6. The Bertz CT molecular complexity index is 1190. The Labute approximate surface area is 164 Å². The van der Waals surface area contributed by atoms with Gasteiger partial charge in [0.05, 0.1) is 17.9 Å². The maximum absolute atomic E-state index is 12.6. The summed E-state index contributed by atoms with van der Waals surface area (Å²) in [6, 6.07) is 4.72. The highest BCUT2D eigenvalue weighted by molar-refractivity contribution is 6.33. The fourth-order valence-corrected chi connectivity index (χ4v) is 3.03. The molecule has 0 unspecified atom stereocenters. The van der Waals surface area contributed by atoms with E-state index in [9.17, 15) is 13.2 Å². The smallest absolute Gasteiger partial charge is 0.368 e. The molecule has 144 valence electrons. The quantitative estimate of drug-likeness (QED) is 0.492. The van der Waals surface area contributed by atoms with Crippen molar-refractivity contribution in [1.29, 1.82) is 0 Å². The first-order chi connectivity index (χ1) is 13.2.